The summed E-state index contributed by atoms with van der Waals surface area (Å²) in [6.07, 6.45) is 0. The van der Waals surface area contributed by atoms with Gasteiger partial charge in [0.25, 0.3) is 11.8 Å². The first kappa shape index (κ1) is 13.9. The predicted molar refractivity (Wildman–Crippen MR) is 87.6 cm³/mol. The van der Waals surface area contributed by atoms with Crippen LogP contribution < -0.4 is 10.6 Å². The van der Waals surface area contributed by atoms with Crippen molar-refractivity contribution in [2.24, 2.45) is 5.73 Å². The Morgan fingerprint density at radius 1 is 1.05 bits per heavy atom. The number of carbonyl (C=O) groups is 2. The van der Waals surface area contributed by atoms with E-state index >= 15 is 0 Å². The third kappa shape index (κ3) is 2.16. The van der Waals surface area contributed by atoms with Crippen LogP contribution in [0.5, 0.6) is 0 Å². The second-order valence-electron chi connectivity index (χ2n) is 4.52. The number of anilines is 1. The van der Waals surface area contributed by atoms with Gasteiger partial charge in [0.15, 0.2) is 0 Å². The van der Waals surface area contributed by atoms with E-state index in [-0.39, 0.29) is 16.8 Å². The van der Waals surface area contributed by atoms with Crippen molar-refractivity contribution < 1.29 is 9.59 Å². The van der Waals surface area contributed by atoms with E-state index in [4.69, 9.17) is 18.0 Å². The van der Waals surface area contributed by atoms with Crippen LogP contribution >= 0.6 is 28.1 Å². The fourth-order valence-corrected chi connectivity index (χ4v) is 2.83. The molecule has 0 aliphatic carbocycles. The minimum atomic E-state index is -0.365. The normalized spacial score (nSPS) is 13.5. The molecule has 0 fully saturated rings. The van der Waals surface area contributed by atoms with Gasteiger partial charge in [0.05, 0.1) is 16.8 Å². The Morgan fingerprint density at radius 3 is 2.14 bits per heavy atom. The van der Waals surface area contributed by atoms with Crippen LogP contribution in [0, 0.1) is 0 Å². The van der Waals surface area contributed by atoms with Gasteiger partial charge in [0.1, 0.15) is 4.99 Å². The highest BCUT2D eigenvalue weighted by Crippen LogP contribution is 2.32. The summed E-state index contributed by atoms with van der Waals surface area (Å²) in [4.78, 5) is 26.2. The van der Waals surface area contributed by atoms with Gasteiger partial charge in [0, 0.05) is 10.0 Å². The van der Waals surface area contributed by atoms with Gasteiger partial charge in [-0.1, -0.05) is 40.3 Å². The Balaban J connectivity index is 2.18. The molecule has 2 N–H and O–H groups in total. The Morgan fingerprint density at radius 2 is 1.62 bits per heavy atom. The molecule has 0 bridgehead atoms. The van der Waals surface area contributed by atoms with Gasteiger partial charge in [-0.2, -0.15) is 0 Å². The second-order valence-corrected chi connectivity index (χ2v) is 5.87. The van der Waals surface area contributed by atoms with Gasteiger partial charge in [-0.05, 0) is 30.3 Å². The monoisotopic (exact) mass is 360 g/mol. The average Bonchev–Trinajstić information content (AvgIpc) is 2.72. The van der Waals surface area contributed by atoms with Gasteiger partial charge in [-0.25, -0.2) is 4.90 Å². The third-order valence-corrected chi connectivity index (χ3v) is 3.97. The van der Waals surface area contributed by atoms with Crippen LogP contribution in [0.3, 0.4) is 0 Å². The predicted octanol–water partition coefficient (Wildman–Crippen LogP) is 2.88. The smallest absolute Gasteiger partial charge is 0.266 e. The van der Waals surface area contributed by atoms with Crippen molar-refractivity contribution in [1.29, 1.82) is 0 Å². The molecular formula is C15H9BrN2O2S. The highest BCUT2D eigenvalue weighted by molar-refractivity contribution is 9.10. The molecular weight excluding hydrogens is 352 g/mol. The number of imide groups is 1. The van der Waals surface area contributed by atoms with E-state index in [1.807, 2.05) is 0 Å². The molecule has 1 aliphatic heterocycles. The lowest BCUT2D eigenvalue weighted by atomic mass is 10.1. The summed E-state index contributed by atoms with van der Waals surface area (Å²) in [6.45, 7) is 0. The minimum absolute atomic E-state index is 0.128. The van der Waals surface area contributed by atoms with E-state index in [9.17, 15) is 9.59 Å². The molecule has 2 amide bonds. The third-order valence-electron chi connectivity index (χ3n) is 3.26. The highest BCUT2D eigenvalue weighted by Gasteiger charge is 2.37. The maximum absolute atomic E-state index is 12.5. The minimum Gasteiger partial charge on any atom is -0.389 e. The number of hydrogen-bond acceptors (Lipinski definition) is 3. The van der Waals surface area contributed by atoms with Crippen LogP contribution in [0.25, 0.3) is 0 Å². The second kappa shape index (κ2) is 5.05. The lowest BCUT2D eigenvalue weighted by Crippen LogP contribution is -2.31. The molecule has 104 valence electrons. The summed E-state index contributed by atoms with van der Waals surface area (Å²) >= 11 is 8.34. The van der Waals surface area contributed by atoms with Gasteiger partial charge in [0.2, 0.25) is 0 Å². The summed E-state index contributed by atoms with van der Waals surface area (Å²) in [5.41, 5.74) is 7.37. The van der Waals surface area contributed by atoms with E-state index in [1.54, 1.807) is 42.5 Å². The van der Waals surface area contributed by atoms with Crippen LogP contribution in [0.4, 0.5) is 5.69 Å². The van der Waals surface area contributed by atoms with Gasteiger partial charge in [-0.3, -0.25) is 9.59 Å². The molecule has 3 rings (SSSR count). The van der Waals surface area contributed by atoms with Crippen molar-refractivity contribution in [2.45, 2.75) is 0 Å². The molecule has 0 saturated heterocycles. The molecule has 0 saturated carbocycles. The zero-order chi connectivity index (χ0) is 15.1. The molecule has 1 heterocycles. The van der Waals surface area contributed by atoms with Crippen LogP contribution in [-0.2, 0) is 0 Å². The molecule has 2 aromatic carbocycles. The Kier molecular flexibility index (Phi) is 3.35. The zero-order valence-corrected chi connectivity index (χ0v) is 13.1. The number of nitrogens with two attached hydrogens (primary N) is 1. The highest BCUT2D eigenvalue weighted by atomic mass is 79.9. The maximum atomic E-state index is 12.5. The summed E-state index contributed by atoms with van der Waals surface area (Å²) in [5.74, 6) is -0.731. The number of fused-ring (bicyclic) bond motifs is 1. The van der Waals surface area contributed by atoms with Crippen molar-refractivity contribution in [3.8, 4) is 0 Å². The van der Waals surface area contributed by atoms with Crippen molar-refractivity contribution in [3.05, 3.63) is 63.6 Å². The molecule has 4 nitrogen and oxygen atoms in total. The van der Waals surface area contributed by atoms with E-state index < -0.39 is 0 Å². The van der Waals surface area contributed by atoms with Crippen molar-refractivity contribution >= 4 is 50.6 Å². The lowest BCUT2D eigenvalue weighted by molar-refractivity contribution is 0.0926. The van der Waals surface area contributed by atoms with Crippen LogP contribution in [0.2, 0.25) is 0 Å². The van der Waals surface area contributed by atoms with E-state index in [0.29, 0.717) is 22.4 Å². The van der Waals surface area contributed by atoms with Crippen LogP contribution in [-0.4, -0.2) is 16.8 Å². The largest absolute Gasteiger partial charge is 0.389 e. The van der Waals surface area contributed by atoms with Crippen LogP contribution in [0.1, 0.15) is 26.3 Å². The summed E-state index contributed by atoms with van der Waals surface area (Å²) in [5, 5.41) is 0. The summed E-state index contributed by atoms with van der Waals surface area (Å²) < 4.78 is 0.769. The average molecular weight is 361 g/mol. The molecule has 6 heteroatoms. The molecule has 2 aromatic rings. The Bertz CT molecular complexity index is 769. The first-order chi connectivity index (χ1) is 10.0. The first-order valence-electron chi connectivity index (χ1n) is 6.08. The first-order valence-corrected chi connectivity index (χ1v) is 7.28. The number of thiocarbonyl (C=S) groups is 1. The number of benzene rings is 2. The van der Waals surface area contributed by atoms with Crippen molar-refractivity contribution in [3.63, 3.8) is 0 Å². The fraction of sp³-hybridized carbons (Fsp3) is 0. The number of amides is 2. The number of carbonyl (C=O) groups excluding carboxylic acids is 2. The van der Waals surface area contributed by atoms with E-state index in [2.05, 4.69) is 15.9 Å². The maximum Gasteiger partial charge on any atom is 0.266 e. The van der Waals surface area contributed by atoms with Gasteiger partial charge >= 0.3 is 0 Å². The van der Waals surface area contributed by atoms with Crippen molar-refractivity contribution in [1.82, 2.24) is 0 Å². The molecule has 0 aromatic heterocycles. The van der Waals surface area contributed by atoms with Crippen LogP contribution in [0.15, 0.2) is 46.9 Å². The van der Waals surface area contributed by atoms with E-state index in [0.717, 1.165) is 9.37 Å². The molecule has 0 spiro atoms. The number of rotatable bonds is 2. The molecule has 0 atom stereocenters. The van der Waals surface area contributed by atoms with Gasteiger partial charge in [-0.15, -0.1) is 0 Å². The quantitative estimate of drug-likeness (QED) is 0.660. The summed E-state index contributed by atoms with van der Waals surface area (Å²) in [6, 6.07) is 11.8. The number of nitrogens with zero attached hydrogens (tertiary/aromatic N) is 1. The summed E-state index contributed by atoms with van der Waals surface area (Å²) in [7, 11) is 0. The fourth-order valence-electron chi connectivity index (χ4n) is 2.31. The zero-order valence-electron chi connectivity index (χ0n) is 10.7. The Labute approximate surface area is 134 Å². The molecule has 1 aliphatic rings. The van der Waals surface area contributed by atoms with E-state index in [1.165, 1.54) is 0 Å². The molecule has 0 unspecified atom stereocenters. The lowest BCUT2D eigenvalue weighted by Gasteiger charge is -2.18. The molecule has 21 heavy (non-hydrogen) atoms. The Hall–Kier alpha value is -2.05. The standard InChI is InChI=1S/C15H9BrN2O2S/c16-8-5-6-12(11(7-8)13(17)21)18-14(19)9-3-1-2-4-10(9)15(18)20/h1-7H,(H2,17,21). The van der Waals surface area contributed by atoms with Crippen molar-refractivity contribution in [2.75, 3.05) is 4.90 Å². The van der Waals surface area contributed by atoms with Gasteiger partial charge < -0.3 is 5.73 Å². The number of hydrogen-bond donors (Lipinski definition) is 1. The topological polar surface area (TPSA) is 63.4 Å². The number of halogens is 1. The molecule has 0 radical (unpaired) electrons. The SMILES string of the molecule is NC(=S)c1cc(Br)ccc1N1C(=O)c2ccccc2C1=O.